The third-order valence-electron chi connectivity index (χ3n) is 3.36. The first-order valence-electron chi connectivity index (χ1n) is 7.54. The summed E-state index contributed by atoms with van der Waals surface area (Å²) >= 11 is 0. The number of ether oxygens (including phenoxy) is 4. The number of benzene rings is 2. The van der Waals surface area contributed by atoms with Gasteiger partial charge in [0.05, 0.1) is 34.9 Å². The van der Waals surface area contributed by atoms with Crippen LogP contribution in [0.3, 0.4) is 0 Å². The molecule has 2 aromatic rings. The zero-order valence-corrected chi connectivity index (χ0v) is 15.4. The predicted molar refractivity (Wildman–Crippen MR) is 88.1 cm³/mol. The molecular formula is C18H17F5O5. The van der Waals surface area contributed by atoms with Crippen LogP contribution in [0, 0.1) is 29.1 Å². The molecule has 0 radical (unpaired) electrons. The highest BCUT2D eigenvalue weighted by Gasteiger charge is 2.18. The van der Waals surface area contributed by atoms with E-state index >= 15 is 0 Å². The third kappa shape index (κ3) is 5.48. The quantitative estimate of drug-likeness (QED) is 0.326. The van der Waals surface area contributed by atoms with Crippen LogP contribution in [0.1, 0.15) is 5.56 Å². The van der Waals surface area contributed by atoms with E-state index in [1.807, 2.05) is 0 Å². The Morgan fingerprint density at radius 3 is 1.57 bits per heavy atom. The van der Waals surface area contributed by atoms with Crippen molar-refractivity contribution >= 4 is 5.97 Å². The van der Waals surface area contributed by atoms with Crippen LogP contribution in [-0.2, 0) is 16.0 Å². The molecule has 2 rings (SSSR count). The number of halogens is 5. The minimum atomic E-state index is -2.14. The van der Waals surface area contributed by atoms with Crippen LogP contribution < -0.4 is 14.2 Å². The molecule has 0 aliphatic rings. The van der Waals surface area contributed by atoms with Crippen molar-refractivity contribution in [2.75, 3.05) is 28.4 Å². The predicted octanol–water partition coefficient (Wildman–Crippen LogP) is 3.81. The lowest BCUT2D eigenvalue weighted by Crippen LogP contribution is -2.05. The van der Waals surface area contributed by atoms with Crippen LogP contribution in [0.5, 0.6) is 17.2 Å². The Bertz CT molecular complexity index is 790. The Morgan fingerprint density at radius 2 is 1.21 bits per heavy atom. The largest absolute Gasteiger partial charge is 0.493 e. The molecular weight excluding hydrogens is 391 g/mol. The molecule has 0 bridgehead atoms. The maximum atomic E-state index is 12.0. The molecule has 0 fully saturated rings. The van der Waals surface area contributed by atoms with Crippen molar-refractivity contribution in [1.29, 1.82) is 0 Å². The normalized spacial score (nSPS) is 9.89. The second-order valence-corrected chi connectivity index (χ2v) is 5.07. The summed E-state index contributed by atoms with van der Waals surface area (Å²) in [7, 11) is 5.93. The van der Waals surface area contributed by atoms with Gasteiger partial charge in [0.1, 0.15) is 0 Å². The van der Waals surface area contributed by atoms with Gasteiger partial charge in [-0.15, -0.1) is 0 Å². The molecule has 2 aromatic carbocycles. The molecule has 0 N–H and O–H groups in total. The van der Waals surface area contributed by atoms with E-state index in [1.165, 1.54) is 28.4 Å². The van der Waals surface area contributed by atoms with Crippen LogP contribution in [0.4, 0.5) is 22.0 Å². The van der Waals surface area contributed by atoms with Gasteiger partial charge in [0.15, 0.2) is 34.8 Å². The van der Waals surface area contributed by atoms with Crippen molar-refractivity contribution in [2.24, 2.45) is 0 Å². The topological polar surface area (TPSA) is 54.0 Å². The summed E-state index contributed by atoms with van der Waals surface area (Å²) < 4.78 is 80.2. The van der Waals surface area contributed by atoms with Crippen molar-refractivity contribution in [1.82, 2.24) is 0 Å². The van der Waals surface area contributed by atoms with E-state index in [0.29, 0.717) is 17.2 Å². The van der Waals surface area contributed by atoms with Crippen LogP contribution in [0.15, 0.2) is 18.2 Å². The summed E-state index contributed by atoms with van der Waals surface area (Å²) in [6.45, 7) is 0. The number of hydrogen-bond donors (Lipinski definition) is 0. The van der Waals surface area contributed by atoms with Gasteiger partial charge < -0.3 is 18.9 Å². The Hall–Kier alpha value is -3.04. The summed E-state index contributed by atoms with van der Waals surface area (Å²) in [6.07, 6.45) is 0.160. The van der Waals surface area contributed by atoms with Gasteiger partial charge in [-0.25, -0.2) is 22.0 Å². The van der Waals surface area contributed by atoms with Gasteiger partial charge in [-0.3, -0.25) is 4.79 Å². The summed E-state index contributed by atoms with van der Waals surface area (Å²) in [5.74, 6) is -8.43. The highest BCUT2D eigenvalue weighted by Crippen LogP contribution is 2.38. The Morgan fingerprint density at radius 1 is 0.750 bits per heavy atom. The van der Waals surface area contributed by atoms with Crippen molar-refractivity contribution in [3.8, 4) is 17.2 Å². The fourth-order valence-corrected chi connectivity index (χ4v) is 2.02. The number of carbonyl (C=O) groups excluding carboxylic acids is 1. The molecule has 0 spiro atoms. The lowest BCUT2D eigenvalue weighted by Gasteiger charge is -2.13. The second kappa shape index (κ2) is 10.3. The van der Waals surface area contributed by atoms with Crippen molar-refractivity contribution < 1.29 is 45.7 Å². The van der Waals surface area contributed by atoms with E-state index in [-0.39, 0.29) is 18.5 Å². The minimum absolute atomic E-state index is 0.0618. The summed E-state index contributed by atoms with van der Waals surface area (Å²) in [5.41, 5.74) is 0.742. The molecule has 0 heterocycles. The highest BCUT2D eigenvalue weighted by molar-refractivity contribution is 5.73. The third-order valence-corrected chi connectivity index (χ3v) is 3.36. The monoisotopic (exact) mass is 408 g/mol. The minimum Gasteiger partial charge on any atom is -0.493 e. The number of esters is 1. The maximum Gasteiger partial charge on any atom is 0.309 e. The average molecular weight is 408 g/mol. The van der Waals surface area contributed by atoms with E-state index in [1.54, 1.807) is 12.1 Å². The van der Waals surface area contributed by atoms with Gasteiger partial charge >= 0.3 is 5.97 Å². The molecule has 0 aliphatic carbocycles. The van der Waals surface area contributed by atoms with Crippen LogP contribution in [0.2, 0.25) is 0 Å². The van der Waals surface area contributed by atoms with Crippen molar-refractivity contribution in [3.05, 3.63) is 52.8 Å². The summed E-state index contributed by atoms with van der Waals surface area (Å²) in [6, 6.07) is 3.38. The molecule has 154 valence electrons. The highest BCUT2D eigenvalue weighted by atomic mass is 19.2. The Kier molecular flexibility index (Phi) is 8.49. The zero-order valence-electron chi connectivity index (χ0n) is 15.4. The van der Waals surface area contributed by atoms with Gasteiger partial charge in [-0.2, -0.15) is 0 Å². The van der Waals surface area contributed by atoms with Crippen molar-refractivity contribution in [3.63, 3.8) is 0 Å². The molecule has 0 atom stereocenters. The summed E-state index contributed by atoms with van der Waals surface area (Å²) in [4.78, 5) is 11.2. The molecule has 0 aromatic heterocycles. The van der Waals surface area contributed by atoms with Crippen LogP contribution >= 0.6 is 0 Å². The zero-order chi connectivity index (χ0) is 21.4. The van der Waals surface area contributed by atoms with E-state index in [4.69, 9.17) is 14.2 Å². The van der Waals surface area contributed by atoms with E-state index in [9.17, 15) is 26.7 Å². The SMILES string of the molecule is COC(=O)Cc1cc(OC)c(OC)c(OC)c1.Fc1cc(F)c(F)c(F)c1F. The maximum absolute atomic E-state index is 12.0. The van der Waals surface area contributed by atoms with Gasteiger partial charge in [-0.05, 0) is 17.7 Å². The molecule has 0 saturated carbocycles. The number of rotatable bonds is 5. The lowest BCUT2D eigenvalue weighted by atomic mass is 10.1. The Balaban J connectivity index is 0.000000307. The first-order valence-corrected chi connectivity index (χ1v) is 7.54. The standard InChI is InChI=1S/C12H16O5.C6HF5/c1-14-9-5-8(7-11(13)16-3)6-10(15-2)12(9)17-4;7-2-1-3(8)5(10)6(11)4(2)9/h5-6H,7H2,1-4H3;1H. The summed E-state index contributed by atoms with van der Waals surface area (Å²) in [5, 5.41) is 0. The van der Waals surface area contributed by atoms with E-state index in [0.717, 1.165) is 5.56 Å². The van der Waals surface area contributed by atoms with Crippen molar-refractivity contribution in [2.45, 2.75) is 6.42 Å². The van der Waals surface area contributed by atoms with E-state index in [2.05, 4.69) is 4.74 Å². The second-order valence-electron chi connectivity index (χ2n) is 5.07. The Labute approximate surface area is 157 Å². The first kappa shape index (κ1) is 23.0. The van der Waals surface area contributed by atoms with Crippen LogP contribution in [-0.4, -0.2) is 34.4 Å². The molecule has 5 nitrogen and oxygen atoms in total. The van der Waals surface area contributed by atoms with E-state index < -0.39 is 29.1 Å². The van der Waals surface area contributed by atoms with Gasteiger partial charge in [0.25, 0.3) is 0 Å². The smallest absolute Gasteiger partial charge is 0.309 e. The first-order chi connectivity index (χ1) is 13.2. The number of methoxy groups -OCH3 is 4. The molecule has 0 aliphatic heterocycles. The van der Waals surface area contributed by atoms with Gasteiger partial charge in [-0.1, -0.05) is 0 Å². The average Bonchev–Trinajstić information content (AvgIpc) is 2.70. The number of hydrogen-bond acceptors (Lipinski definition) is 5. The number of carbonyl (C=O) groups is 1. The molecule has 10 heteroatoms. The van der Waals surface area contributed by atoms with Crippen LogP contribution in [0.25, 0.3) is 0 Å². The molecule has 0 unspecified atom stereocenters. The lowest BCUT2D eigenvalue weighted by molar-refractivity contribution is -0.139. The fraction of sp³-hybridized carbons (Fsp3) is 0.278. The molecule has 28 heavy (non-hydrogen) atoms. The molecule has 0 amide bonds. The van der Waals surface area contributed by atoms with Gasteiger partial charge in [0.2, 0.25) is 11.6 Å². The molecule has 0 saturated heterocycles. The fourth-order valence-electron chi connectivity index (χ4n) is 2.02. The van der Waals surface area contributed by atoms with Gasteiger partial charge in [0, 0.05) is 6.07 Å².